The van der Waals surface area contributed by atoms with Crippen LogP contribution in [0, 0.1) is 5.92 Å². The van der Waals surface area contributed by atoms with Gasteiger partial charge in [0.1, 0.15) is 5.82 Å². The highest BCUT2D eigenvalue weighted by atomic mass is 16.5. The molecule has 0 radical (unpaired) electrons. The fraction of sp³-hybridized carbons (Fsp3) is 0.667. The lowest BCUT2D eigenvalue weighted by Crippen LogP contribution is -2.48. The van der Waals surface area contributed by atoms with Crippen molar-refractivity contribution in [2.45, 2.75) is 45.8 Å². The Morgan fingerprint density at radius 1 is 1.13 bits per heavy atom. The van der Waals surface area contributed by atoms with Crippen molar-refractivity contribution < 1.29 is 9.53 Å². The molecule has 1 aromatic heterocycles. The molecule has 126 valence electrons. The summed E-state index contributed by atoms with van der Waals surface area (Å²) in [4.78, 5) is 21.4. The molecule has 1 aromatic rings. The van der Waals surface area contributed by atoms with Crippen LogP contribution in [-0.4, -0.2) is 54.2 Å². The number of pyridine rings is 1. The normalized spacial score (nSPS) is 26.4. The van der Waals surface area contributed by atoms with E-state index in [-0.39, 0.29) is 18.1 Å². The average Bonchev–Trinajstić information content (AvgIpc) is 2.54. The van der Waals surface area contributed by atoms with E-state index < -0.39 is 0 Å². The first-order valence-electron chi connectivity index (χ1n) is 8.68. The molecule has 23 heavy (non-hydrogen) atoms. The highest BCUT2D eigenvalue weighted by molar-refractivity contribution is 5.94. The summed E-state index contributed by atoms with van der Waals surface area (Å²) in [5, 5.41) is 0. The summed E-state index contributed by atoms with van der Waals surface area (Å²) in [5.74, 6) is 1.84. The minimum atomic E-state index is 0.0540. The van der Waals surface area contributed by atoms with Gasteiger partial charge in [-0.05, 0) is 44.7 Å². The summed E-state index contributed by atoms with van der Waals surface area (Å²) in [6.45, 7) is 9.73. The maximum Gasteiger partial charge on any atom is 0.255 e. The molecular formula is C18H27N3O2. The predicted molar refractivity (Wildman–Crippen MR) is 90.8 cm³/mol. The number of ether oxygens (including phenoxy) is 1. The third kappa shape index (κ3) is 3.83. The van der Waals surface area contributed by atoms with Crippen LogP contribution in [0.15, 0.2) is 18.3 Å². The van der Waals surface area contributed by atoms with Gasteiger partial charge in [-0.3, -0.25) is 4.79 Å². The van der Waals surface area contributed by atoms with Crippen LogP contribution in [0.25, 0.3) is 0 Å². The number of hydrogen-bond donors (Lipinski definition) is 0. The third-order valence-electron chi connectivity index (χ3n) is 4.81. The Balaban J connectivity index is 1.65. The van der Waals surface area contributed by atoms with Gasteiger partial charge in [0.25, 0.3) is 5.91 Å². The van der Waals surface area contributed by atoms with Crippen LogP contribution in [-0.2, 0) is 4.74 Å². The highest BCUT2D eigenvalue weighted by Crippen LogP contribution is 2.22. The third-order valence-corrected chi connectivity index (χ3v) is 4.81. The fourth-order valence-electron chi connectivity index (χ4n) is 3.46. The molecule has 3 heterocycles. The Kier molecular flexibility index (Phi) is 4.85. The molecule has 0 spiro atoms. The number of rotatable bonds is 2. The van der Waals surface area contributed by atoms with Gasteiger partial charge in [-0.25, -0.2) is 4.98 Å². The molecule has 0 bridgehead atoms. The van der Waals surface area contributed by atoms with E-state index in [1.807, 2.05) is 30.9 Å². The number of carbonyl (C=O) groups is 1. The number of amides is 1. The smallest absolute Gasteiger partial charge is 0.255 e. The molecule has 0 aliphatic carbocycles. The Bertz CT molecular complexity index is 528. The molecule has 1 amide bonds. The van der Waals surface area contributed by atoms with Crippen molar-refractivity contribution in [3.63, 3.8) is 0 Å². The summed E-state index contributed by atoms with van der Waals surface area (Å²) < 4.78 is 5.69. The van der Waals surface area contributed by atoms with Gasteiger partial charge in [0, 0.05) is 32.4 Å². The van der Waals surface area contributed by atoms with E-state index in [9.17, 15) is 4.79 Å². The first kappa shape index (κ1) is 16.2. The number of hydrogen-bond acceptors (Lipinski definition) is 4. The van der Waals surface area contributed by atoms with Gasteiger partial charge in [0.05, 0.1) is 17.8 Å². The molecule has 3 rings (SSSR count). The van der Waals surface area contributed by atoms with E-state index in [1.165, 1.54) is 12.8 Å². The lowest BCUT2D eigenvalue weighted by molar-refractivity contribution is -0.0586. The molecule has 2 aliphatic heterocycles. The van der Waals surface area contributed by atoms with E-state index in [2.05, 4.69) is 16.8 Å². The first-order chi connectivity index (χ1) is 11.0. The standard InChI is InChI=1S/C18H27N3O2/c1-13-6-8-20(9-7-13)17-5-4-16(10-19-17)18(22)21-11-14(2)23-15(3)12-21/h4-5,10,13-15H,6-9,11-12H2,1-3H3/t14-,15+. The molecule has 2 aliphatic rings. The van der Waals surface area contributed by atoms with Crippen LogP contribution in [0.5, 0.6) is 0 Å². The molecule has 2 atom stereocenters. The van der Waals surface area contributed by atoms with Crippen molar-refractivity contribution in [3.8, 4) is 0 Å². The van der Waals surface area contributed by atoms with Crippen LogP contribution in [0.1, 0.15) is 44.0 Å². The van der Waals surface area contributed by atoms with E-state index in [1.54, 1.807) is 6.20 Å². The molecule has 5 nitrogen and oxygen atoms in total. The Morgan fingerprint density at radius 3 is 2.35 bits per heavy atom. The predicted octanol–water partition coefficient (Wildman–Crippen LogP) is 2.57. The molecule has 2 fully saturated rings. The largest absolute Gasteiger partial charge is 0.372 e. The molecule has 0 N–H and O–H groups in total. The monoisotopic (exact) mass is 317 g/mol. The molecule has 2 saturated heterocycles. The number of morpholine rings is 1. The first-order valence-corrected chi connectivity index (χ1v) is 8.68. The van der Waals surface area contributed by atoms with Crippen LogP contribution in [0.3, 0.4) is 0 Å². The quantitative estimate of drug-likeness (QED) is 0.841. The number of carbonyl (C=O) groups excluding carboxylic acids is 1. The van der Waals surface area contributed by atoms with Gasteiger partial charge in [-0.15, -0.1) is 0 Å². The average molecular weight is 317 g/mol. The lowest BCUT2D eigenvalue weighted by atomic mass is 9.99. The summed E-state index contributed by atoms with van der Waals surface area (Å²) in [6, 6.07) is 3.89. The zero-order valence-corrected chi connectivity index (χ0v) is 14.4. The summed E-state index contributed by atoms with van der Waals surface area (Å²) in [7, 11) is 0. The van der Waals surface area contributed by atoms with E-state index in [0.29, 0.717) is 18.7 Å². The summed E-state index contributed by atoms with van der Waals surface area (Å²) >= 11 is 0. The number of anilines is 1. The number of piperidine rings is 1. The van der Waals surface area contributed by atoms with Crippen molar-refractivity contribution in [1.29, 1.82) is 0 Å². The van der Waals surface area contributed by atoms with E-state index >= 15 is 0 Å². The number of nitrogens with zero attached hydrogens (tertiary/aromatic N) is 3. The van der Waals surface area contributed by atoms with Gasteiger partial charge < -0.3 is 14.5 Å². The van der Waals surface area contributed by atoms with Gasteiger partial charge >= 0.3 is 0 Å². The lowest BCUT2D eigenvalue weighted by Gasteiger charge is -2.35. The topological polar surface area (TPSA) is 45.7 Å². The summed E-state index contributed by atoms with van der Waals surface area (Å²) in [5.41, 5.74) is 0.667. The van der Waals surface area contributed by atoms with Gasteiger partial charge in [-0.1, -0.05) is 6.92 Å². The van der Waals surface area contributed by atoms with E-state index in [4.69, 9.17) is 4.74 Å². The molecular weight excluding hydrogens is 290 g/mol. The van der Waals surface area contributed by atoms with Crippen molar-refractivity contribution in [1.82, 2.24) is 9.88 Å². The van der Waals surface area contributed by atoms with Gasteiger partial charge in [-0.2, -0.15) is 0 Å². The summed E-state index contributed by atoms with van der Waals surface area (Å²) in [6.07, 6.45) is 4.33. The zero-order valence-electron chi connectivity index (χ0n) is 14.4. The minimum absolute atomic E-state index is 0.0540. The van der Waals surface area contributed by atoms with Crippen LogP contribution >= 0.6 is 0 Å². The molecule has 0 aromatic carbocycles. The highest BCUT2D eigenvalue weighted by Gasteiger charge is 2.27. The van der Waals surface area contributed by atoms with Crippen molar-refractivity contribution in [2.24, 2.45) is 5.92 Å². The second kappa shape index (κ2) is 6.87. The Labute approximate surface area is 138 Å². The van der Waals surface area contributed by atoms with Crippen molar-refractivity contribution in [3.05, 3.63) is 23.9 Å². The van der Waals surface area contributed by atoms with Crippen molar-refractivity contribution in [2.75, 3.05) is 31.1 Å². The van der Waals surface area contributed by atoms with Crippen LogP contribution in [0.4, 0.5) is 5.82 Å². The van der Waals surface area contributed by atoms with Gasteiger partial charge in [0.15, 0.2) is 0 Å². The van der Waals surface area contributed by atoms with E-state index in [0.717, 1.165) is 24.8 Å². The maximum atomic E-state index is 12.6. The minimum Gasteiger partial charge on any atom is -0.372 e. The maximum absolute atomic E-state index is 12.6. The second-order valence-corrected chi connectivity index (χ2v) is 7.04. The molecule has 0 saturated carbocycles. The zero-order chi connectivity index (χ0) is 16.4. The number of aromatic nitrogens is 1. The second-order valence-electron chi connectivity index (χ2n) is 7.04. The Hall–Kier alpha value is -1.62. The fourth-order valence-corrected chi connectivity index (χ4v) is 3.46. The van der Waals surface area contributed by atoms with Crippen LogP contribution < -0.4 is 4.90 Å². The van der Waals surface area contributed by atoms with Crippen LogP contribution in [0.2, 0.25) is 0 Å². The Morgan fingerprint density at radius 2 is 1.78 bits per heavy atom. The van der Waals surface area contributed by atoms with Crippen molar-refractivity contribution >= 4 is 11.7 Å². The molecule has 0 unspecified atom stereocenters. The SMILES string of the molecule is CC1CCN(c2ccc(C(=O)N3C[C@@H](C)O[C@@H](C)C3)cn2)CC1. The molecule has 5 heteroatoms. The van der Waals surface area contributed by atoms with Gasteiger partial charge in [0.2, 0.25) is 0 Å².